The number of carbonyl (C=O) groups excluding carboxylic acids is 1. The average molecular weight is 344 g/mol. The molecule has 0 saturated heterocycles. The van der Waals surface area contributed by atoms with Gasteiger partial charge in [-0.1, -0.05) is 19.3 Å². The average Bonchev–Trinajstić information content (AvgIpc) is 3.09. The molecule has 2 saturated carbocycles. The molecule has 0 bridgehead atoms. The van der Waals surface area contributed by atoms with Gasteiger partial charge in [0.2, 0.25) is 12.1 Å². The highest BCUT2D eigenvalue weighted by Gasteiger charge is 2.26. The molecule has 0 unspecified atom stereocenters. The van der Waals surface area contributed by atoms with Crippen LogP contribution >= 0.6 is 11.3 Å². The van der Waals surface area contributed by atoms with E-state index in [-0.39, 0.29) is 11.8 Å². The molecule has 1 heterocycles. The Morgan fingerprint density at radius 1 is 1.25 bits per heavy atom. The monoisotopic (exact) mass is 344 g/mol. The Bertz CT molecular complexity index is 619. The summed E-state index contributed by atoms with van der Waals surface area (Å²) in [6, 6.07) is 0. The number of hydrogen-bond donors (Lipinski definition) is 1. The van der Waals surface area contributed by atoms with Gasteiger partial charge in [-0.3, -0.25) is 4.79 Å². The third-order valence-electron chi connectivity index (χ3n) is 5.25. The fourth-order valence-corrected chi connectivity index (χ4v) is 4.78. The van der Waals surface area contributed by atoms with Gasteiger partial charge in [-0.05, 0) is 50.4 Å². The molecule has 2 aliphatic rings. The molecule has 5 nitrogen and oxygen atoms in total. The van der Waals surface area contributed by atoms with Crippen LogP contribution in [0.1, 0.15) is 68.6 Å². The summed E-state index contributed by atoms with van der Waals surface area (Å²) in [5.41, 5.74) is 0. The second-order valence-corrected chi connectivity index (χ2v) is 7.94. The third kappa shape index (κ3) is 4.41. The fourth-order valence-electron chi connectivity index (χ4n) is 3.80. The van der Waals surface area contributed by atoms with Crippen molar-refractivity contribution in [1.29, 1.82) is 5.26 Å². The number of aromatic nitrogens is 1. The first-order chi connectivity index (χ1) is 11.8. The normalized spacial score (nSPS) is 25.5. The Kier molecular flexibility index (Phi) is 5.97. The topological polar surface area (TPSA) is 78.1 Å². The van der Waals surface area contributed by atoms with E-state index in [1.807, 2.05) is 6.20 Å². The van der Waals surface area contributed by atoms with Crippen LogP contribution in [0.25, 0.3) is 0 Å². The van der Waals surface area contributed by atoms with Gasteiger partial charge < -0.3 is 5.32 Å². The zero-order chi connectivity index (χ0) is 16.8. The lowest BCUT2D eigenvalue weighted by Gasteiger charge is -2.24. The zero-order valence-electron chi connectivity index (χ0n) is 13.9. The number of thiazole rings is 1. The van der Waals surface area contributed by atoms with Crippen molar-refractivity contribution in [1.82, 2.24) is 4.98 Å². The van der Waals surface area contributed by atoms with Crippen molar-refractivity contribution in [2.75, 3.05) is 5.32 Å². The van der Waals surface area contributed by atoms with E-state index < -0.39 is 0 Å². The molecule has 3 rings (SSSR count). The number of aliphatic imine (C=N–C) groups is 1. The molecule has 1 amide bonds. The van der Waals surface area contributed by atoms with E-state index in [4.69, 9.17) is 5.26 Å². The first kappa shape index (κ1) is 17.1. The Morgan fingerprint density at radius 2 is 2.00 bits per heavy atom. The number of anilines is 1. The summed E-state index contributed by atoms with van der Waals surface area (Å²) in [5.74, 6) is 1.12. The summed E-state index contributed by atoms with van der Waals surface area (Å²) in [6.07, 6.45) is 15.5. The van der Waals surface area contributed by atoms with Crippen LogP contribution in [-0.2, 0) is 4.79 Å². The lowest BCUT2D eigenvalue weighted by atomic mass is 9.82. The Morgan fingerprint density at radius 3 is 2.71 bits per heavy atom. The molecule has 1 aromatic rings. The maximum absolute atomic E-state index is 12.4. The van der Waals surface area contributed by atoms with E-state index in [1.165, 1.54) is 37.0 Å². The first-order valence-electron chi connectivity index (χ1n) is 8.95. The molecule has 0 atom stereocenters. The van der Waals surface area contributed by atoms with Gasteiger partial charge in [-0.25, -0.2) is 4.98 Å². The second-order valence-electron chi connectivity index (χ2n) is 6.88. The quantitative estimate of drug-likeness (QED) is 0.646. The van der Waals surface area contributed by atoms with Crippen molar-refractivity contribution in [3.05, 3.63) is 11.1 Å². The number of carbonyl (C=O) groups is 1. The van der Waals surface area contributed by atoms with E-state index in [9.17, 15) is 4.79 Å². The molecule has 0 aromatic carbocycles. The van der Waals surface area contributed by atoms with Crippen molar-refractivity contribution in [3.8, 4) is 6.19 Å². The van der Waals surface area contributed by atoms with Crippen molar-refractivity contribution >= 4 is 28.6 Å². The summed E-state index contributed by atoms with van der Waals surface area (Å²) in [7, 11) is 0. The number of amides is 1. The van der Waals surface area contributed by atoms with E-state index in [2.05, 4.69) is 15.3 Å². The number of nitrogens with zero attached hydrogens (tertiary/aromatic N) is 3. The Balaban J connectivity index is 1.50. The van der Waals surface area contributed by atoms with E-state index in [0.29, 0.717) is 11.8 Å². The molecule has 128 valence electrons. The number of rotatable bonds is 4. The largest absolute Gasteiger partial charge is 0.302 e. The summed E-state index contributed by atoms with van der Waals surface area (Å²) in [5, 5.41) is 12.2. The maximum Gasteiger partial charge on any atom is 0.229 e. The summed E-state index contributed by atoms with van der Waals surface area (Å²) < 4.78 is 0. The lowest BCUT2D eigenvalue weighted by molar-refractivity contribution is -0.120. The number of nitriles is 1. The zero-order valence-corrected chi connectivity index (χ0v) is 14.7. The van der Waals surface area contributed by atoms with Gasteiger partial charge in [0.05, 0.1) is 0 Å². The minimum absolute atomic E-state index is 0.0544. The van der Waals surface area contributed by atoms with Gasteiger partial charge in [0.15, 0.2) is 5.13 Å². The van der Waals surface area contributed by atoms with Gasteiger partial charge in [-0.2, -0.15) is 10.3 Å². The lowest BCUT2D eigenvalue weighted by Crippen LogP contribution is -2.27. The van der Waals surface area contributed by atoms with Crippen LogP contribution in [-0.4, -0.2) is 17.1 Å². The maximum atomic E-state index is 12.4. The van der Waals surface area contributed by atoms with Crippen LogP contribution in [0.15, 0.2) is 11.2 Å². The molecule has 0 aliphatic heterocycles. The van der Waals surface area contributed by atoms with Crippen LogP contribution in [0.4, 0.5) is 5.13 Å². The van der Waals surface area contributed by atoms with E-state index >= 15 is 0 Å². The Labute approximate surface area is 147 Å². The van der Waals surface area contributed by atoms with Gasteiger partial charge in [-0.15, -0.1) is 11.3 Å². The van der Waals surface area contributed by atoms with Crippen LogP contribution in [0.3, 0.4) is 0 Å². The molecule has 24 heavy (non-hydrogen) atoms. The van der Waals surface area contributed by atoms with Crippen LogP contribution in [0.2, 0.25) is 0 Å². The van der Waals surface area contributed by atoms with Gasteiger partial charge in [0.1, 0.15) is 0 Å². The summed E-state index contributed by atoms with van der Waals surface area (Å²) >= 11 is 1.64. The van der Waals surface area contributed by atoms with E-state index in [1.54, 1.807) is 23.7 Å². The molecule has 6 heteroatoms. The number of hydrogen-bond acceptors (Lipinski definition) is 5. The fraction of sp³-hybridized carbons (Fsp3) is 0.667. The van der Waals surface area contributed by atoms with Crippen molar-refractivity contribution in [2.45, 2.75) is 63.7 Å². The predicted octanol–water partition coefficient (Wildman–Crippen LogP) is 4.49. The SMILES string of the molecule is N#CN=CC1CCC(C(=O)Nc2ncc(C3CCCCC3)s2)CC1. The molecule has 2 aliphatic carbocycles. The molecule has 0 spiro atoms. The van der Waals surface area contributed by atoms with Gasteiger partial charge in [0, 0.05) is 23.2 Å². The Hall–Kier alpha value is -1.74. The second kappa shape index (κ2) is 8.39. The highest BCUT2D eigenvalue weighted by Crippen LogP contribution is 2.37. The minimum atomic E-state index is 0.0544. The standard InChI is InChI=1S/C18H24N4OS/c19-12-20-10-13-6-8-15(9-7-13)17(23)22-18-21-11-16(24-18)14-4-2-1-3-5-14/h10-11,13-15H,1-9H2,(H,21,22,23). The van der Waals surface area contributed by atoms with E-state index in [0.717, 1.165) is 30.8 Å². The van der Waals surface area contributed by atoms with Crippen LogP contribution < -0.4 is 5.32 Å². The van der Waals surface area contributed by atoms with Crippen molar-refractivity contribution in [3.63, 3.8) is 0 Å². The number of nitrogens with one attached hydrogen (secondary N) is 1. The summed E-state index contributed by atoms with van der Waals surface area (Å²) in [4.78, 5) is 21.8. The third-order valence-corrected chi connectivity index (χ3v) is 6.32. The summed E-state index contributed by atoms with van der Waals surface area (Å²) in [6.45, 7) is 0. The van der Waals surface area contributed by atoms with Gasteiger partial charge in [0.25, 0.3) is 0 Å². The van der Waals surface area contributed by atoms with Crippen LogP contribution in [0.5, 0.6) is 0 Å². The van der Waals surface area contributed by atoms with Crippen molar-refractivity contribution in [2.24, 2.45) is 16.8 Å². The highest BCUT2D eigenvalue weighted by atomic mass is 32.1. The smallest absolute Gasteiger partial charge is 0.229 e. The van der Waals surface area contributed by atoms with Gasteiger partial charge >= 0.3 is 0 Å². The molecule has 2 fully saturated rings. The highest BCUT2D eigenvalue weighted by molar-refractivity contribution is 7.15. The molecular formula is C18H24N4OS. The molecule has 0 radical (unpaired) electrons. The molecule has 1 aromatic heterocycles. The van der Waals surface area contributed by atoms with Crippen LogP contribution in [0, 0.1) is 23.3 Å². The van der Waals surface area contributed by atoms with Crippen molar-refractivity contribution < 1.29 is 4.79 Å². The molecular weight excluding hydrogens is 320 g/mol. The minimum Gasteiger partial charge on any atom is -0.302 e. The first-order valence-corrected chi connectivity index (χ1v) is 9.76. The molecule has 1 N–H and O–H groups in total. The predicted molar refractivity (Wildman–Crippen MR) is 96.1 cm³/mol.